The molecule has 0 aromatic heterocycles. The SMILES string of the molecule is CCCCC(NC(=O)[C@H](CC(C)C)NC(=O)[C@@H](NC(=O)[C@H](Cc1ccccc1C)NC(=O)CNc1ccccc1C(=O)[C@H](CC(=O)O)NC(=O)CCC(=O)O)C(C)(C)C)C(=O)C(N)=O. The maximum Gasteiger partial charge on any atom is 0.305 e. The zero-order valence-corrected chi connectivity index (χ0v) is 37.5. The number of aliphatic carboxylic acids is 2. The molecular formula is C45H63N7O12. The molecule has 0 spiro atoms. The minimum atomic E-state index is -1.56. The van der Waals surface area contributed by atoms with Gasteiger partial charge in [-0.15, -0.1) is 0 Å². The first-order valence-electron chi connectivity index (χ1n) is 21.1. The summed E-state index contributed by atoms with van der Waals surface area (Å²) in [6, 6.07) is 6.54. The highest BCUT2D eigenvalue weighted by Gasteiger charge is 2.38. The molecule has 0 fully saturated rings. The van der Waals surface area contributed by atoms with Crippen molar-refractivity contribution in [2.75, 3.05) is 11.9 Å². The number of Topliss-reactive ketones (excluding diaryl/α,β-unsaturated/α-hetero) is 2. The van der Waals surface area contributed by atoms with Gasteiger partial charge in [0.15, 0.2) is 5.78 Å². The van der Waals surface area contributed by atoms with E-state index in [-0.39, 0.29) is 36.4 Å². The lowest BCUT2D eigenvalue weighted by atomic mass is 9.85. The average Bonchev–Trinajstić information content (AvgIpc) is 3.21. The molecular weight excluding hydrogens is 831 g/mol. The van der Waals surface area contributed by atoms with E-state index in [0.29, 0.717) is 18.4 Å². The van der Waals surface area contributed by atoms with E-state index in [2.05, 4.69) is 31.9 Å². The van der Waals surface area contributed by atoms with Gasteiger partial charge in [0.25, 0.3) is 5.91 Å². The van der Waals surface area contributed by atoms with E-state index < -0.39 is 120 Å². The second-order valence-electron chi connectivity index (χ2n) is 17.1. The van der Waals surface area contributed by atoms with Crippen LogP contribution >= 0.6 is 0 Å². The Bertz CT molecular complexity index is 2030. The fraction of sp³-hybridized carbons (Fsp3) is 0.511. The highest BCUT2D eigenvalue weighted by atomic mass is 16.4. The highest BCUT2D eigenvalue weighted by molar-refractivity contribution is 6.37. The molecule has 2 rings (SSSR count). The minimum absolute atomic E-state index is 0.0122. The number of carboxylic acids is 2. The molecule has 19 nitrogen and oxygen atoms in total. The Morgan fingerprint density at radius 2 is 1.28 bits per heavy atom. The van der Waals surface area contributed by atoms with E-state index in [9.17, 15) is 53.1 Å². The van der Waals surface area contributed by atoms with Gasteiger partial charge >= 0.3 is 11.9 Å². The van der Waals surface area contributed by atoms with Gasteiger partial charge in [-0.25, -0.2) is 0 Å². The Kier molecular flexibility index (Phi) is 21.3. The van der Waals surface area contributed by atoms with E-state index in [0.717, 1.165) is 5.56 Å². The van der Waals surface area contributed by atoms with Gasteiger partial charge in [-0.05, 0) is 54.4 Å². The van der Waals surface area contributed by atoms with Crippen LogP contribution in [0.25, 0.3) is 0 Å². The third-order valence-electron chi connectivity index (χ3n) is 10.0. The predicted octanol–water partition coefficient (Wildman–Crippen LogP) is 1.93. The van der Waals surface area contributed by atoms with Gasteiger partial charge < -0.3 is 47.8 Å². The van der Waals surface area contributed by atoms with Crippen LogP contribution < -0.4 is 37.6 Å². The van der Waals surface area contributed by atoms with Crippen LogP contribution in [0, 0.1) is 18.3 Å². The molecule has 2 aromatic carbocycles. The Balaban J connectivity index is 2.39. The van der Waals surface area contributed by atoms with Crippen LogP contribution in [-0.4, -0.2) is 106 Å². The van der Waals surface area contributed by atoms with Crippen LogP contribution in [0.4, 0.5) is 5.69 Å². The number of benzene rings is 2. The summed E-state index contributed by atoms with van der Waals surface area (Å²) in [6.07, 6.45) is -0.361. The molecule has 64 heavy (non-hydrogen) atoms. The Hall–Kier alpha value is -6.66. The fourth-order valence-electron chi connectivity index (χ4n) is 6.60. The number of primary amides is 1. The van der Waals surface area contributed by atoms with E-state index in [1.54, 1.807) is 45.0 Å². The van der Waals surface area contributed by atoms with Crippen LogP contribution in [-0.2, 0) is 49.6 Å². The lowest BCUT2D eigenvalue weighted by Gasteiger charge is -2.33. The smallest absolute Gasteiger partial charge is 0.305 e. The second kappa shape index (κ2) is 25.4. The van der Waals surface area contributed by atoms with E-state index in [1.807, 2.05) is 33.8 Å². The largest absolute Gasteiger partial charge is 0.481 e. The number of nitrogens with two attached hydrogens (primary N) is 1. The molecule has 0 aliphatic carbocycles. The van der Waals surface area contributed by atoms with Crippen LogP contribution in [0.3, 0.4) is 0 Å². The van der Waals surface area contributed by atoms with Crippen LogP contribution in [0.2, 0.25) is 0 Å². The fourth-order valence-corrected chi connectivity index (χ4v) is 6.60. The first-order valence-corrected chi connectivity index (χ1v) is 21.1. The number of carbonyl (C=O) groups is 10. The summed E-state index contributed by atoms with van der Waals surface area (Å²) in [5, 5.41) is 34.2. The van der Waals surface area contributed by atoms with Gasteiger partial charge in [0, 0.05) is 24.1 Å². The van der Waals surface area contributed by atoms with Crippen molar-refractivity contribution in [3.05, 3.63) is 65.2 Å². The number of ketones is 2. The topological polar surface area (TPSA) is 309 Å². The number of unbranched alkanes of at least 4 members (excludes halogenated alkanes) is 1. The quantitative estimate of drug-likeness (QED) is 0.0458. The van der Waals surface area contributed by atoms with Gasteiger partial charge in [0.2, 0.25) is 35.3 Å². The summed E-state index contributed by atoms with van der Waals surface area (Å²) in [5.74, 6) is -9.51. The van der Waals surface area contributed by atoms with Crippen LogP contribution in [0.5, 0.6) is 0 Å². The lowest BCUT2D eigenvalue weighted by Crippen LogP contribution is -2.61. The maximum absolute atomic E-state index is 14.2. The normalized spacial score (nSPS) is 13.5. The van der Waals surface area contributed by atoms with Gasteiger partial charge in [-0.3, -0.25) is 47.9 Å². The average molecular weight is 894 g/mol. The van der Waals surface area contributed by atoms with Crippen molar-refractivity contribution >= 4 is 64.6 Å². The van der Waals surface area contributed by atoms with Gasteiger partial charge in [-0.2, -0.15) is 0 Å². The summed E-state index contributed by atoms with van der Waals surface area (Å²) in [4.78, 5) is 128. The van der Waals surface area contributed by atoms with E-state index in [1.165, 1.54) is 18.2 Å². The highest BCUT2D eigenvalue weighted by Crippen LogP contribution is 2.22. The predicted molar refractivity (Wildman–Crippen MR) is 236 cm³/mol. The molecule has 0 aliphatic heterocycles. The molecule has 0 aliphatic rings. The van der Waals surface area contributed by atoms with Crippen molar-refractivity contribution in [2.45, 2.75) is 130 Å². The van der Waals surface area contributed by atoms with Crippen molar-refractivity contribution in [1.29, 1.82) is 0 Å². The number of hydrogen-bond donors (Lipinski definition) is 9. The number of rotatable bonds is 27. The third-order valence-corrected chi connectivity index (χ3v) is 10.0. The standard InChI is InChI=1S/C45H63N7O12/c1-8-9-17-30(39(60)41(46)61)50-42(62)32(21-25(2)3)51-44(64)40(45(5,6)7)52-43(63)33(22-27-15-11-10-14-26(27)4)49-35(54)24-47-29-18-13-12-16-28(29)38(59)31(23-37(57)58)48-34(53)19-20-36(55)56/h10-16,18,25,30-33,40,47H,8-9,17,19-24H2,1-7H3,(H2,46,61)(H,48,53)(H,49,54)(H,50,62)(H,51,64)(H,52,63)(H,55,56)(H,57,58)/t30?,31-,32-,33-,40+/m0/s1. The number of hydrogen-bond acceptors (Lipinski definition) is 11. The number of carboxylic acid groups (broad SMARTS) is 2. The summed E-state index contributed by atoms with van der Waals surface area (Å²) in [7, 11) is 0. The number of amides is 6. The Morgan fingerprint density at radius 1 is 0.688 bits per heavy atom. The first kappa shape index (κ1) is 53.5. The van der Waals surface area contributed by atoms with E-state index in [4.69, 9.17) is 10.8 Å². The first-order chi connectivity index (χ1) is 29.9. The molecule has 350 valence electrons. The van der Waals surface area contributed by atoms with Crippen LogP contribution in [0.1, 0.15) is 108 Å². The maximum atomic E-state index is 14.2. The van der Waals surface area contributed by atoms with Gasteiger partial charge in [0.1, 0.15) is 24.2 Å². The molecule has 0 saturated heterocycles. The monoisotopic (exact) mass is 893 g/mol. The number of anilines is 1. The Morgan fingerprint density at radius 3 is 1.86 bits per heavy atom. The summed E-state index contributed by atoms with van der Waals surface area (Å²) >= 11 is 0. The molecule has 19 heteroatoms. The molecule has 0 radical (unpaired) electrons. The zero-order chi connectivity index (χ0) is 48.3. The minimum Gasteiger partial charge on any atom is -0.481 e. The molecule has 10 N–H and O–H groups in total. The Labute approximate surface area is 372 Å². The van der Waals surface area contributed by atoms with Crippen molar-refractivity contribution in [1.82, 2.24) is 26.6 Å². The van der Waals surface area contributed by atoms with Gasteiger partial charge in [0.05, 0.1) is 25.4 Å². The summed E-state index contributed by atoms with van der Waals surface area (Å²) in [6.45, 7) is 11.9. The molecule has 2 aromatic rings. The van der Waals surface area contributed by atoms with Gasteiger partial charge in [-0.1, -0.05) is 90.8 Å². The zero-order valence-electron chi connectivity index (χ0n) is 37.5. The number of para-hydroxylation sites is 1. The molecule has 0 heterocycles. The van der Waals surface area contributed by atoms with Crippen molar-refractivity contribution in [3.8, 4) is 0 Å². The molecule has 0 saturated carbocycles. The van der Waals surface area contributed by atoms with Crippen molar-refractivity contribution < 1.29 is 58.2 Å². The number of aryl methyl sites for hydroxylation is 1. The molecule has 0 bridgehead atoms. The molecule has 5 atom stereocenters. The van der Waals surface area contributed by atoms with Crippen molar-refractivity contribution in [3.63, 3.8) is 0 Å². The second-order valence-corrected chi connectivity index (χ2v) is 17.1. The van der Waals surface area contributed by atoms with E-state index >= 15 is 0 Å². The molecule has 1 unspecified atom stereocenters. The molecule has 6 amide bonds. The number of nitrogens with one attached hydrogen (secondary N) is 6. The lowest BCUT2D eigenvalue weighted by molar-refractivity contribution is -0.140. The summed E-state index contributed by atoms with van der Waals surface area (Å²) < 4.78 is 0. The van der Waals surface area contributed by atoms with Crippen molar-refractivity contribution in [2.24, 2.45) is 17.1 Å². The third kappa shape index (κ3) is 18.0. The number of carbonyl (C=O) groups excluding carboxylic acids is 8. The van der Waals surface area contributed by atoms with Crippen LogP contribution in [0.15, 0.2) is 48.5 Å². The summed E-state index contributed by atoms with van der Waals surface area (Å²) in [5.41, 5.74) is 5.83.